The van der Waals surface area contributed by atoms with E-state index in [4.69, 9.17) is 4.74 Å². The van der Waals surface area contributed by atoms with Gasteiger partial charge in [0, 0.05) is 6.04 Å². The Morgan fingerprint density at radius 2 is 1.73 bits per heavy atom. The Morgan fingerprint density at radius 1 is 1.15 bits per heavy atom. The molecule has 1 aliphatic carbocycles. The van der Waals surface area contributed by atoms with Crippen LogP contribution in [0, 0.1) is 5.82 Å². The van der Waals surface area contributed by atoms with Crippen molar-refractivity contribution < 1.29 is 27.1 Å². The molecule has 144 valence electrons. The van der Waals surface area contributed by atoms with E-state index in [-0.39, 0.29) is 10.9 Å². The number of halogens is 1. The van der Waals surface area contributed by atoms with E-state index in [1.807, 2.05) is 0 Å². The highest BCUT2D eigenvalue weighted by atomic mass is 32.2. The van der Waals surface area contributed by atoms with E-state index in [1.54, 1.807) is 0 Å². The van der Waals surface area contributed by atoms with Crippen LogP contribution in [0.1, 0.15) is 39.5 Å². The second-order valence-corrected chi connectivity index (χ2v) is 8.08. The fourth-order valence-corrected chi connectivity index (χ4v) is 3.87. The van der Waals surface area contributed by atoms with E-state index in [0.29, 0.717) is 0 Å². The molecule has 1 amide bonds. The van der Waals surface area contributed by atoms with Crippen LogP contribution >= 0.6 is 0 Å². The summed E-state index contributed by atoms with van der Waals surface area (Å²) >= 11 is 0. The number of ether oxygens (including phenoxy) is 1. The zero-order chi connectivity index (χ0) is 19.3. The Balaban J connectivity index is 1.89. The topological polar surface area (TPSA) is 102 Å². The van der Waals surface area contributed by atoms with Crippen LogP contribution < -0.4 is 10.0 Å². The number of nitrogens with one attached hydrogen (secondary N) is 2. The van der Waals surface area contributed by atoms with Crippen molar-refractivity contribution in [2.45, 2.75) is 62.6 Å². The number of benzene rings is 1. The smallest absolute Gasteiger partial charge is 0.324 e. The van der Waals surface area contributed by atoms with Gasteiger partial charge in [-0.1, -0.05) is 12.8 Å². The molecule has 9 heteroatoms. The van der Waals surface area contributed by atoms with E-state index in [2.05, 4.69) is 10.0 Å². The van der Waals surface area contributed by atoms with Crippen LogP contribution in [0.5, 0.6) is 0 Å². The first-order chi connectivity index (χ1) is 12.2. The molecule has 0 aliphatic heterocycles. The number of hydrogen-bond donors (Lipinski definition) is 2. The number of carbonyl (C=O) groups excluding carboxylic acids is 2. The Hall–Kier alpha value is -2.00. The van der Waals surface area contributed by atoms with Gasteiger partial charge in [-0.25, -0.2) is 12.8 Å². The van der Waals surface area contributed by atoms with E-state index < -0.39 is 39.9 Å². The lowest BCUT2D eigenvalue weighted by Gasteiger charge is -2.19. The molecule has 2 N–H and O–H groups in total. The highest BCUT2D eigenvalue weighted by Crippen LogP contribution is 2.18. The van der Waals surface area contributed by atoms with Crippen molar-refractivity contribution in [1.29, 1.82) is 0 Å². The van der Waals surface area contributed by atoms with Crippen molar-refractivity contribution >= 4 is 21.9 Å². The van der Waals surface area contributed by atoms with Gasteiger partial charge in [0.1, 0.15) is 11.9 Å². The monoisotopic (exact) mass is 386 g/mol. The first kappa shape index (κ1) is 20.3. The van der Waals surface area contributed by atoms with Crippen molar-refractivity contribution in [3.8, 4) is 0 Å². The molecule has 0 heterocycles. The average molecular weight is 386 g/mol. The molecule has 1 aromatic rings. The summed E-state index contributed by atoms with van der Waals surface area (Å²) in [6, 6.07) is 3.09. The van der Waals surface area contributed by atoms with Crippen LogP contribution in [0.25, 0.3) is 0 Å². The van der Waals surface area contributed by atoms with Gasteiger partial charge in [0.15, 0.2) is 6.10 Å². The standard InChI is InChI=1S/C17H23FN2O5S/c1-11(20-26(23,24)15-9-7-13(18)8-10-15)17(22)25-12(2)16(21)19-14-5-3-4-6-14/h7-12,14,20H,3-6H2,1-2H3,(H,19,21). The molecule has 1 aromatic carbocycles. The summed E-state index contributed by atoms with van der Waals surface area (Å²) in [4.78, 5) is 23.9. The summed E-state index contributed by atoms with van der Waals surface area (Å²) < 4.78 is 44.5. The third-order valence-electron chi connectivity index (χ3n) is 4.17. The van der Waals surface area contributed by atoms with E-state index >= 15 is 0 Å². The normalized spacial score (nSPS) is 17.5. The van der Waals surface area contributed by atoms with Gasteiger partial charge < -0.3 is 10.1 Å². The molecule has 7 nitrogen and oxygen atoms in total. The van der Waals surface area contributed by atoms with Gasteiger partial charge in [-0.2, -0.15) is 4.72 Å². The minimum Gasteiger partial charge on any atom is -0.451 e. The number of amides is 1. The van der Waals surface area contributed by atoms with Crippen molar-refractivity contribution in [2.75, 3.05) is 0 Å². The van der Waals surface area contributed by atoms with Gasteiger partial charge in [-0.3, -0.25) is 9.59 Å². The average Bonchev–Trinajstić information content (AvgIpc) is 3.07. The first-order valence-electron chi connectivity index (χ1n) is 8.48. The highest BCUT2D eigenvalue weighted by molar-refractivity contribution is 7.89. The molecule has 26 heavy (non-hydrogen) atoms. The van der Waals surface area contributed by atoms with Crippen molar-refractivity contribution in [3.05, 3.63) is 30.1 Å². The SMILES string of the molecule is CC(NS(=O)(=O)c1ccc(F)cc1)C(=O)OC(C)C(=O)NC1CCCC1. The molecule has 0 bridgehead atoms. The first-order valence-corrected chi connectivity index (χ1v) is 9.96. The lowest BCUT2D eigenvalue weighted by atomic mass is 10.2. The van der Waals surface area contributed by atoms with Crippen molar-refractivity contribution in [3.63, 3.8) is 0 Å². The summed E-state index contributed by atoms with van der Waals surface area (Å²) in [5.74, 6) is -1.85. The lowest BCUT2D eigenvalue weighted by Crippen LogP contribution is -2.45. The van der Waals surface area contributed by atoms with Crippen LogP contribution in [-0.4, -0.2) is 38.5 Å². The minimum absolute atomic E-state index is 0.0954. The van der Waals surface area contributed by atoms with Gasteiger partial charge in [-0.05, 0) is 51.0 Å². The lowest BCUT2D eigenvalue weighted by molar-refractivity contribution is -0.156. The largest absolute Gasteiger partial charge is 0.451 e. The molecule has 1 aliphatic rings. The van der Waals surface area contributed by atoms with E-state index in [1.165, 1.54) is 13.8 Å². The molecule has 0 spiro atoms. The third kappa shape index (κ3) is 5.50. The summed E-state index contributed by atoms with van der Waals surface area (Å²) in [7, 11) is -4.01. The molecule has 2 atom stereocenters. The molecule has 0 radical (unpaired) electrons. The number of rotatable bonds is 7. The maximum Gasteiger partial charge on any atom is 0.324 e. The Labute approximate surface area is 152 Å². The third-order valence-corrected chi connectivity index (χ3v) is 5.73. The van der Waals surface area contributed by atoms with Crippen LogP contribution in [0.2, 0.25) is 0 Å². The minimum atomic E-state index is -4.01. The number of sulfonamides is 1. The molecule has 2 rings (SSSR count). The summed E-state index contributed by atoms with van der Waals surface area (Å²) in [6.45, 7) is 2.74. The molecule has 1 fully saturated rings. The molecule has 0 aromatic heterocycles. The number of hydrogen-bond acceptors (Lipinski definition) is 5. The zero-order valence-corrected chi connectivity index (χ0v) is 15.5. The summed E-state index contributed by atoms with van der Waals surface area (Å²) in [5, 5.41) is 2.81. The van der Waals surface area contributed by atoms with Crippen molar-refractivity contribution in [2.24, 2.45) is 0 Å². The maximum atomic E-state index is 12.9. The molecule has 2 unspecified atom stereocenters. The zero-order valence-electron chi connectivity index (χ0n) is 14.7. The Morgan fingerprint density at radius 3 is 2.31 bits per heavy atom. The second kappa shape index (κ2) is 8.59. The predicted molar refractivity (Wildman–Crippen MR) is 92.1 cm³/mol. The highest BCUT2D eigenvalue weighted by Gasteiger charge is 2.27. The Kier molecular flexibility index (Phi) is 6.71. The van der Waals surface area contributed by atoms with Gasteiger partial charge in [0.25, 0.3) is 5.91 Å². The fraction of sp³-hybridized carbons (Fsp3) is 0.529. The molecule has 0 saturated heterocycles. The summed E-state index contributed by atoms with van der Waals surface area (Å²) in [5.41, 5.74) is 0. The Bertz CT molecular complexity index is 745. The van der Waals surface area contributed by atoms with Crippen LogP contribution in [-0.2, 0) is 24.3 Å². The number of esters is 1. The molecule has 1 saturated carbocycles. The van der Waals surface area contributed by atoms with Gasteiger partial charge in [-0.15, -0.1) is 0 Å². The number of carbonyl (C=O) groups is 2. The van der Waals surface area contributed by atoms with Gasteiger partial charge in [0.05, 0.1) is 4.90 Å². The van der Waals surface area contributed by atoms with Gasteiger partial charge >= 0.3 is 5.97 Å². The van der Waals surface area contributed by atoms with E-state index in [0.717, 1.165) is 49.9 Å². The van der Waals surface area contributed by atoms with E-state index in [9.17, 15) is 22.4 Å². The van der Waals surface area contributed by atoms with Crippen molar-refractivity contribution in [1.82, 2.24) is 10.0 Å². The second-order valence-electron chi connectivity index (χ2n) is 6.37. The fourth-order valence-electron chi connectivity index (χ4n) is 2.68. The quantitative estimate of drug-likeness (QED) is 0.691. The summed E-state index contributed by atoms with van der Waals surface area (Å²) in [6.07, 6.45) is 2.89. The molecular formula is C17H23FN2O5S. The predicted octanol–water partition coefficient (Wildman–Crippen LogP) is 1.48. The van der Waals surface area contributed by atoms with Crippen LogP contribution in [0.15, 0.2) is 29.2 Å². The van der Waals surface area contributed by atoms with Crippen LogP contribution in [0.3, 0.4) is 0 Å². The molecular weight excluding hydrogens is 363 g/mol. The maximum absolute atomic E-state index is 12.9. The van der Waals surface area contributed by atoms with Crippen LogP contribution in [0.4, 0.5) is 4.39 Å². The van der Waals surface area contributed by atoms with Gasteiger partial charge in [0.2, 0.25) is 10.0 Å².